The number of anilines is 1. The van der Waals surface area contributed by atoms with Crippen molar-refractivity contribution in [3.63, 3.8) is 0 Å². The maximum Gasteiger partial charge on any atom is 0.241 e. The van der Waals surface area contributed by atoms with E-state index in [9.17, 15) is 14.3 Å². The number of carbonyl (C=O) groups excluding carboxylic acids is 1. The molecule has 2 aliphatic rings. The first kappa shape index (κ1) is 21.9. The Hall–Kier alpha value is -2.35. The van der Waals surface area contributed by atoms with Crippen molar-refractivity contribution >= 4 is 11.6 Å². The number of aliphatic hydroxyl groups is 1. The summed E-state index contributed by atoms with van der Waals surface area (Å²) >= 11 is 0. The Labute approximate surface area is 182 Å². The van der Waals surface area contributed by atoms with Gasteiger partial charge in [-0.1, -0.05) is 19.1 Å². The summed E-state index contributed by atoms with van der Waals surface area (Å²) in [5.41, 5.74) is 7.37. The molecular weight excluding hydrogens is 395 g/mol. The van der Waals surface area contributed by atoms with Crippen molar-refractivity contribution in [1.29, 1.82) is 0 Å². The SMILES string of the molecule is CCC1(O)CN[C@@H](C(=O)Nc2cc(CC[C@@](N)(c3ccccn3)C3CC3)ccc2F)C1. The molecule has 1 aliphatic heterocycles. The van der Waals surface area contributed by atoms with Gasteiger partial charge >= 0.3 is 0 Å². The molecule has 0 spiro atoms. The van der Waals surface area contributed by atoms with E-state index in [0.29, 0.717) is 38.1 Å². The molecule has 1 saturated carbocycles. The van der Waals surface area contributed by atoms with Crippen LogP contribution in [-0.2, 0) is 16.8 Å². The number of hydrogen-bond acceptors (Lipinski definition) is 5. The minimum absolute atomic E-state index is 0.156. The van der Waals surface area contributed by atoms with Gasteiger partial charge in [0.2, 0.25) is 5.91 Å². The Morgan fingerprint density at radius 2 is 2.19 bits per heavy atom. The Morgan fingerprint density at radius 1 is 1.39 bits per heavy atom. The predicted octanol–water partition coefficient (Wildman–Crippen LogP) is 2.86. The number of amides is 1. The van der Waals surface area contributed by atoms with E-state index in [2.05, 4.69) is 15.6 Å². The molecule has 166 valence electrons. The molecule has 0 bridgehead atoms. The Kier molecular flexibility index (Phi) is 6.10. The van der Waals surface area contributed by atoms with Gasteiger partial charge in [0.15, 0.2) is 0 Å². The lowest BCUT2D eigenvalue weighted by molar-refractivity contribution is -0.118. The molecule has 31 heavy (non-hydrogen) atoms. The molecule has 7 heteroatoms. The topological polar surface area (TPSA) is 100 Å². The number of nitrogens with zero attached hydrogens (tertiary/aromatic N) is 1. The van der Waals surface area contributed by atoms with Gasteiger partial charge in [-0.2, -0.15) is 0 Å². The number of carbonyl (C=O) groups is 1. The number of halogens is 1. The van der Waals surface area contributed by atoms with Crippen LogP contribution in [0.2, 0.25) is 0 Å². The summed E-state index contributed by atoms with van der Waals surface area (Å²) in [6.45, 7) is 2.24. The molecule has 2 aromatic rings. The van der Waals surface area contributed by atoms with E-state index in [1.54, 1.807) is 18.3 Å². The van der Waals surface area contributed by atoms with Crippen molar-refractivity contribution in [2.24, 2.45) is 11.7 Å². The Balaban J connectivity index is 1.44. The fourth-order valence-electron chi connectivity index (χ4n) is 4.46. The minimum atomic E-state index is -0.888. The standard InChI is InChI=1S/C24H31FN4O2/c1-2-23(31)14-20(28-15-23)22(30)29-19-13-16(6-9-18(19)25)10-11-24(26,17-7-8-17)21-5-3-4-12-27-21/h3-6,9,12-13,17,20,28,31H,2,7-8,10-11,14-15,26H2,1H3,(H,29,30)/t20-,23?,24+/m1/s1. The molecule has 6 nitrogen and oxygen atoms in total. The van der Waals surface area contributed by atoms with Crippen LogP contribution >= 0.6 is 0 Å². The van der Waals surface area contributed by atoms with Gasteiger partial charge in [0.25, 0.3) is 0 Å². The van der Waals surface area contributed by atoms with Crippen LogP contribution in [0.15, 0.2) is 42.6 Å². The lowest BCUT2D eigenvalue weighted by atomic mass is 9.84. The predicted molar refractivity (Wildman–Crippen MR) is 118 cm³/mol. The molecule has 2 heterocycles. The molecular formula is C24H31FN4O2. The second-order valence-electron chi connectivity index (χ2n) is 9.05. The smallest absolute Gasteiger partial charge is 0.241 e. The van der Waals surface area contributed by atoms with E-state index in [1.807, 2.05) is 25.1 Å². The fourth-order valence-corrected chi connectivity index (χ4v) is 4.46. The first-order chi connectivity index (χ1) is 14.8. The van der Waals surface area contributed by atoms with Gasteiger partial charge < -0.3 is 21.5 Å². The first-order valence-electron chi connectivity index (χ1n) is 11.1. The van der Waals surface area contributed by atoms with Crippen molar-refractivity contribution in [1.82, 2.24) is 10.3 Å². The maximum absolute atomic E-state index is 14.4. The summed E-state index contributed by atoms with van der Waals surface area (Å²) < 4.78 is 14.4. The normalized spacial score (nSPS) is 25.2. The van der Waals surface area contributed by atoms with Crippen LogP contribution in [0.3, 0.4) is 0 Å². The van der Waals surface area contributed by atoms with Crippen LogP contribution in [0, 0.1) is 11.7 Å². The maximum atomic E-state index is 14.4. The van der Waals surface area contributed by atoms with Crippen LogP contribution in [-0.4, -0.2) is 34.2 Å². The number of pyridine rings is 1. The monoisotopic (exact) mass is 426 g/mol. The fraction of sp³-hybridized carbons (Fsp3) is 0.500. The van der Waals surface area contributed by atoms with Crippen molar-refractivity contribution in [3.05, 3.63) is 59.7 Å². The molecule has 1 saturated heterocycles. The molecule has 0 radical (unpaired) electrons. The van der Waals surface area contributed by atoms with Crippen LogP contribution < -0.4 is 16.4 Å². The van der Waals surface area contributed by atoms with Gasteiger partial charge in [-0.05, 0) is 67.9 Å². The summed E-state index contributed by atoms with van der Waals surface area (Å²) in [6, 6.07) is 10.1. The van der Waals surface area contributed by atoms with E-state index < -0.39 is 23.0 Å². The summed E-state index contributed by atoms with van der Waals surface area (Å²) in [7, 11) is 0. The van der Waals surface area contributed by atoms with Gasteiger partial charge in [-0.25, -0.2) is 4.39 Å². The van der Waals surface area contributed by atoms with Gasteiger partial charge in [-0.15, -0.1) is 0 Å². The zero-order valence-corrected chi connectivity index (χ0v) is 17.9. The van der Waals surface area contributed by atoms with Gasteiger partial charge in [0, 0.05) is 19.2 Å². The molecule has 1 unspecified atom stereocenters. The average molecular weight is 427 g/mol. The summed E-state index contributed by atoms with van der Waals surface area (Å²) in [5.74, 6) is -0.403. The Bertz CT molecular complexity index is 936. The highest BCUT2D eigenvalue weighted by Crippen LogP contribution is 2.46. The number of β-amino-alcohol motifs (C(OH)–C–C–N with tert-alkyl or cyclic N) is 1. The molecule has 4 rings (SSSR count). The number of aromatic nitrogens is 1. The first-order valence-corrected chi connectivity index (χ1v) is 11.1. The molecule has 1 amide bonds. The third-order valence-electron chi connectivity index (χ3n) is 6.80. The van der Waals surface area contributed by atoms with Gasteiger partial charge in [0.1, 0.15) is 5.82 Å². The zero-order valence-electron chi connectivity index (χ0n) is 17.9. The van der Waals surface area contributed by atoms with Gasteiger partial charge in [0.05, 0.1) is 28.6 Å². The molecule has 1 aliphatic carbocycles. The highest BCUT2D eigenvalue weighted by Gasteiger charge is 2.44. The molecule has 2 fully saturated rings. The highest BCUT2D eigenvalue weighted by molar-refractivity contribution is 5.95. The highest BCUT2D eigenvalue weighted by atomic mass is 19.1. The third kappa shape index (κ3) is 4.79. The quantitative estimate of drug-likeness (QED) is 0.520. The molecule has 3 atom stereocenters. The average Bonchev–Trinajstić information content (AvgIpc) is 3.57. The summed E-state index contributed by atoms with van der Waals surface area (Å²) in [5, 5.41) is 16.1. The van der Waals surface area contributed by atoms with E-state index in [-0.39, 0.29) is 11.6 Å². The van der Waals surface area contributed by atoms with Crippen molar-refractivity contribution in [2.45, 2.75) is 62.6 Å². The summed E-state index contributed by atoms with van der Waals surface area (Å²) in [4.78, 5) is 17.1. The number of rotatable bonds is 8. The van der Waals surface area contributed by atoms with Crippen LogP contribution in [0.5, 0.6) is 0 Å². The van der Waals surface area contributed by atoms with Crippen molar-refractivity contribution in [3.8, 4) is 0 Å². The zero-order chi connectivity index (χ0) is 22.1. The van der Waals surface area contributed by atoms with E-state index in [0.717, 1.165) is 24.1 Å². The summed E-state index contributed by atoms with van der Waals surface area (Å²) in [6.07, 6.45) is 6.18. The number of aryl methyl sites for hydroxylation is 1. The number of nitrogens with two attached hydrogens (primary N) is 1. The second-order valence-corrected chi connectivity index (χ2v) is 9.05. The van der Waals surface area contributed by atoms with Crippen molar-refractivity contribution in [2.75, 3.05) is 11.9 Å². The molecule has 1 aromatic carbocycles. The minimum Gasteiger partial charge on any atom is -0.388 e. The molecule has 1 aromatic heterocycles. The molecule has 5 N–H and O–H groups in total. The number of benzene rings is 1. The van der Waals surface area contributed by atoms with E-state index in [4.69, 9.17) is 5.73 Å². The van der Waals surface area contributed by atoms with Crippen LogP contribution in [0.4, 0.5) is 10.1 Å². The number of hydrogen-bond donors (Lipinski definition) is 4. The Morgan fingerprint density at radius 3 is 2.84 bits per heavy atom. The van der Waals surface area contributed by atoms with E-state index >= 15 is 0 Å². The second kappa shape index (κ2) is 8.65. The lowest BCUT2D eigenvalue weighted by Gasteiger charge is -2.29. The van der Waals surface area contributed by atoms with Crippen molar-refractivity contribution < 1.29 is 14.3 Å². The van der Waals surface area contributed by atoms with Crippen LogP contribution in [0.25, 0.3) is 0 Å². The lowest BCUT2D eigenvalue weighted by Crippen LogP contribution is -2.40. The van der Waals surface area contributed by atoms with Gasteiger partial charge in [-0.3, -0.25) is 9.78 Å². The largest absolute Gasteiger partial charge is 0.388 e. The van der Waals surface area contributed by atoms with E-state index in [1.165, 1.54) is 6.07 Å². The van der Waals surface area contributed by atoms with Crippen LogP contribution in [0.1, 0.15) is 50.3 Å². The number of nitrogens with one attached hydrogen (secondary N) is 2. The third-order valence-corrected chi connectivity index (χ3v) is 6.80.